The van der Waals surface area contributed by atoms with Crippen molar-refractivity contribution >= 4 is 5.69 Å². The van der Waals surface area contributed by atoms with Gasteiger partial charge in [0, 0.05) is 0 Å². The summed E-state index contributed by atoms with van der Waals surface area (Å²) in [6, 6.07) is 16.3. The second-order valence-electron chi connectivity index (χ2n) is 4.85. The Hall–Kier alpha value is -1.96. The van der Waals surface area contributed by atoms with Crippen LogP contribution < -0.4 is 10.5 Å². The topological polar surface area (TPSA) is 35.2 Å². The van der Waals surface area contributed by atoms with Gasteiger partial charge in [-0.25, -0.2) is 0 Å². The summed E-state index contributed by atoms with van der Waals surface area (Å²) in [6.45, 7) is 0.563. The fourth-order valence-corrected chi connectivity index (χ4v) is 2.10. The van der Waals surface area contributed by atoms with Crippen LogP contribution in [0.5, 0.6) is 5.75 Å². The molecule has 0 saturated heterocycles. The number of hydrogen-bond acceptors (Lipinski definition) is 2. The molecule has 1 fully saturated rings. The summed E-state index contributed by atoms with van der Waals surface area (Å²) in [5.41, 5.74) is 9.27. The van der Waals surface area contributed by atoms with Crippen molar-refractivity contribution in [3.63, 3.8) is 0 Å². The third-order valence-electron chi connectivity index (χ3n) is 3.32. The van der Waals surface area contributed by atoms with E-state index in [1.807, 2.05) is 24.3 Å². The SMILES string of the molecule is Nc1cc(C2CC2)ccc1OCc1ccccc1. The van der Waals surface area contributed by atoms with Crippen LogP contribution in [0.2, 0.25) is 0 Å². The van der Waals surface area contributed by atoms with Gasteiger partial charge in [-0.2, -0.15) is 0 Å². The quantitative estimate of drug-likeness (QED) is 0.825. The molecule has 2 heteroatoms. The number of nitrogen functional groups attached to an aromatic ring is 1. The van der Waals surface area contributed by atoms with Crippen molar-refractivity contribution in [3.05, 3.63) is 59.7 Å². The van der Waals surface area contributed by atoms with E-state index < -0.39 is 0 Å². The average molecular weight is 239 g/mol. The molecule has 0 heterocycles. The number of hydrogen-bond donors (Lipinski definition) is 1. The van der Waals surface area contributed by atoms with Crippen molar-refractivity contribution in [1.29, 1.82) is 0 Å². The minimum atomic E-state index is 0.563. The van der Waals surface area contributed by atoms with Gasteiger partial charge in [-0.1, -0.05) is 36.4 Å². The Kier molecular flexibility index (Phi) is 2.93. The Morgan fingerprint density at radius 3 is 2.50 bits per heavy atom. The van der Waals surface area contributed by atoms with Crippen molar-refractivity contribution < 1.29 is 4.74 Å². The highest BCUT2D eigenvalue weighted by Crippen LogP contribution is 2.41. The number of benzene rings is 2. The van der Waals surface area contributed by atoms with Gasteiger partial charge >= 0.3 is 0 Å². The molecule has 3 rings (SSSR count). The second-order valence-corrected chi connectivity index (χ2v) is 4.85. The molecule has 92 valence electrons. The Balaban J connectivity index is 1.69. The molecule has 1 aliphatic carbocycles. The molecule has 0 amide bonds. The third-order valence-corrected chi connectivity index (χ3v) is 3.32. The molecule has 0 atom stereocenters. The predicted molar refractivity (Wildman–Crippen MR) is 73.6 cm³/mol. The van der Waals surface area contributed by atoms with Crippen LogP contribution in [0.3, 0.4) is 0 Å². The van der Waals surface area contributed by atoms with Gasteiger partial charge in [0.15, 0.2) is 0 Å². The highest BCUT2D eigenvalue weighted by Gasteiger charge is 2.23. The maximum absolute atomic E-state index is 6.03. The lowest BCUT2D eigenvalue weighted by molar-refractivity contribution is 0.308. The first-order valence-electron chi connectivity index (χ1n) is 6.39. The lowest BCUT2D eigenvalue weighted by Crippen LogP contribution is -1.99. The maximum atomic E-state index is 6.03. The fraction of sp³-hybridized carbons (Fsp3) is 0.250. The molecular formula is C16H17NO. The molecule has 0 spiro atoms. The Labute approximate surface area is 107 Å². The Morgan fingerprint density at radius 2 is 1.83 bits per heavy atom. The van der Waals surface area contributed by atoms with Crippen molar-refractivity contribution in [2.45, 2.75) is 25.4 Å². The molecular weight excluding hydrogens is 222 g/mol. The smallest absolute Gasteiger partial charge is 0.142 e. The molecule has 0 bridgehead atoms. The molecule has 2 aromatic rings. The van der Waals surface area contributed by atoms with Gasteiger partial charge in [0.2, 0.25) is 0 Å². The Bertz CT molecular complexity index is 532. The summed E-state index contributed by atoms with van der Waals surface area (Å²) in [6.07, 6.45) is 2.59. The molecule has 2 N–H and O–H groups in total. The largest absolute Gasteiger partial charge is 0.487 e. The van der Waals surface area contributed by atoms with E-state index >= 15 is 0 Å². The lowest BCUT2D eigenvalue weighted by Gasteiger charge is -2.10. The van der Waals surface area contributed by atoms with Gasteiger partial charge in [-0.05, 0) is 42.0 Å². The molecule has 0 aliphatic heterocycles. The molecule has 0 unspecified atom stereocenters. The maximum Gasteiger partial charge on any atom is 0.142 e. The summed E-state index contributed by atoms with van der Waals surface area (Å²) >= 11 is 0. The third kappa shape index (κ3) is 2.48. The van der Waals surface area contributed by atoms with Crippen LogP contribution in [0, 0.1) is 0 Å². The van der Waals surface area contributed by atoms with E-state index in [-0.39, 0.29) is 0 Å². The molecule has 2 nitrogen and oxygen atoms in total. The van der Waals surface area contributed by atoms with E-state index in [0.29, 0.717) is 6.61 Å². The zero-order valence-electron chi connectivity index (χ0n) is 10.3. The van der Waals surface area contributed by atoms with Crippen LogP contribution in [-0.4, -0.2) is 0 Å². The Morgan fingerprint density at radius 1 is 1.06 bits per heavy atom. The van der Waals surface area contributed by atoms with E-state index in [4.69, 9.17) is 10.5 Å². The zero-order chi connectivity index (χ0) is 12.4. The number of ether oxygens (including phenoxy) is 1. The molecule has 0 radical (unpaired) electrons. The lowest BCUT2D eigenvalue weighted by atomic mass is 10.1. The highest BCUT2D eigenvalue weighted by atomic mass is 16.5. The standard InChI is InChI=1S/C16H17NO/c17-15-10-14(13-6-7-13)8-9-16(15)18-11-12-4-2-1-3-5-12/h1-5,8-10,13H,6-7,11,17H2. The van der Waals surface area contributed by atoms with Crippen LogP contribution in [0.4, 0.5) is 5.69 Å². The second kappa shape index (κ2) is 4.73. The summed E-state index contributed by atoms with van der Waals surface area (Å²) < 4.78 is 5.75. The van der Waals surface area contributed by atoms with Crippen LogP contribution in [-0.2, 0) is 6.61 Å². The van der Waals surface area contributed by atoms with Crippen LogP contribution in [0.1, 0.15) is 29.9 Å². The minimum absolute atomic E-state index is 0.563. The first-order valence-corrected chi connectivity index (χ1v) is 6.39. The first kappa shape index (κ1) is 11.1. The van der Waals surface area contributed by atoms with Crippen molar-refractivity contribution in [2.75, 3.05) is 5.73 Å². The number of anilines is 1. The van der Waals surface area contributed by atoms with Gasteiger partial charge in [0.1, 0.15) is 12.4 Å². The van der Waals surface area contributed by atoms with Gasteiger partial charge in [0.25, 0.3) is 0 Å². The number of nitrogens with two attached hydrogens (primary N) is 1. The average Bonchev–Trinajstić information content (AvgIpc) is 3.23. The molecule has 1 saturated carbocycles. The number of rotatable bonds is 4. The fourth-order valence-electron chi connectivity index (χ4n) is 2.10. The van der Waals surface area contributed by atoms with Gasteiger partial charge in [-0.15, -0.1) is 0 Å². The minimum Gasteiger partial charge on any atom is -0.487 e. The van der Waals surface area contributed by atoms with Gasteiger partial charge in [-0.3, -0.25) is 0 Å². The van der Waals surface area contributed by atoms with Crippen LogP contribution in [0.15, 0.2) is 48.5 Å². The molecule has 0 aromatic heterocycles. The zero-order valence-corrected chi connectivity index (χ0v) is 10.3. The van der Waals surface area contributed by atoms with E-state index in [0.717, 1.165) is 22.9 Å². The predicted octanol–water partition coefficient (Wildman–Crippen LogP) is 3.73. The summed E-state index contributed by atoms with van der Waals surface area (Å²) in [5, 5.41) is 0. The van der Waals surface area contributed by atoms with E-state index in [9.17, 15) is 0 Å². The normalized spacial score (nSPS) is 14.4. The van der Waals surface area contributed by atoms with Crippen LogP contribution >= 0.6 is 0 Å². The van der Waals surface area contributed by atoms with Crippen molar-refractivity contribution in [2.24, 2.45) is 0 Å². The first-order chi connectivity index (χ1) is 8.83. The van der Waals surface area contributed by atoms with Gasteiger partial charge < -0.3 is 10.5 Å². The molecule has 1 aliphatic rings. The summed E-state index contributed by atoms with van der Waals surface area (Å²) in [4.78, 5) is 0. The summed E-state index contributed by atoms with van der Waals surface area (Å²) in [5.74, 6) is 1.51. The van der Waals surface area contributed by atoms with Crippen molar-refractivity contribution in [3.8, 4) is 5.75 Å². The molecule has 18 heavy (non-hydrogen) atoms. The van der Waals surface area contributed by atoms with Crippen LogP contribution in [0.25, 0.3) is 0 Å². The monoisotopic (exact) mass is 239 g/mol. The molecule has 2 aromatic carbocycles. The summed E-state index contributed by atoms with van der Waals surface area (Å²) in [7, 11) is 0. The highest BCUT2D eigenvalue weighted by molar-refractivity contribution is 5.55. The van der Waals surface area contributed by atoms with E-state index in [2.05, 4.69) is 24.3 Å². The van der Waals surface area contributed by atoms with Crippen molar-refractivity contribution in [1.82, 2.24) is 0 Å². The van der Waals surface area contributed by atoms with Gasteiger partial charge in [0.05, 0.1) is 5.69 Å². The van der Waals surface area contributed by atoms with E-state index in [1.54, 1.807) is 0 Å². The van der Waals surface area contributed by atoms with E-state index in [1.165, 1.54) is 18.4 Å².